The van der Waals surface area contributed by atoms with Crippen LogP contribution in [-0.2, 0) is 16.6 Å². The molecule has 1 aliphatic heterocycles. The van der Waals surface area contributed by atoms with E-state index in [2.05, 4.69) is 35.7 Å². The second-order valence-electron chi connectivity index (χ2n) is 7.20. The van der Waals surface area contributed by atoms with Gasteiger partial charge in [-0.3, -0.25) is 0 Å². The van der Waals surface area contributed by atoms with E-state index >= 15 is 0 Å². The zero-order valence-electron chi connectivity index (χ0n) is 16.7. The van der Waals surface area contributed by atoms with Crippen LogP contribution in [0, 0.1) is 0 Å². The number of hydrogen-bond donors (Lipinski definition) is 2. The Morgan fingerprint density at radius 3 is 2.59 bits per heavy atom. The Kier molecular flexibility index (Phi) is 8.45. The Labute approximate surface area is 172 Å². The summed E-state index contributed by atoms with van der Waals surface area (Å²) in [6.45, 7) is 9.72. The highest BCUT2D eigenvalue weighted by Gasteiger charge is 2.27. The molecule has 154 valence electrons. The Morgan fingerprint density at radius 2 is 1.96 bits per heavy atom. The van der Waals surface area contributed by atoms with Crippen molar-refractivity contribution in [3.8, 4) is 0 Å². The number of nitrogens with one attached hydrogen (secondary N) is 2. The number of sulfonamides is 1. The summed E-state index contributed by atoms with van der Waals surface area (Å²) in [6, 6.07) is 3.59. The van der Waals surface area contributed by atoms with Crippen LogP contribution in [0.3, 0.4) is 0 Å². The van der Waals surface area contributed by atoms with Crippen molar-refractivity contribution < 1.29 is 8.42 Å². The fourth-order valence-electron chi connectivity index (χ4n) is 2.68. The Balaban J connectivity index is 2.02. The summed E-state index contributed by atoms with van der Waals surface area (Å²) in [6.07, 6.45) is 5.11. The van der Waals surface area contributed by atoms with Crippen molar-refractivity contribution in [3.63, 3.8) is 0 Å². The fourth-order valence-corrected chi connectivity index (χ4v) is 5.85. The number of nitrogens with zero attached hydrogens (tertiary/aromatic N) is 2. The van der Waals surface area contributed by atoms with E-state index < -0.39 is 10.0 Å². The lowest BCUT2D eigenvalue weighted by atomic mass is 10.2. The van der Waals surface area contributed by atoms with Crippen LogP contribution >= 0.6 is 23.1 Å². The van der Waals surface area contributed by atoms with Gasteiger partial charge in [0.15, 0.2) is 5.96 Å². The van der Waals surface area contributed by atoms with E-state index in [4.69, 9.17) is 0 Å². The van der Waals surface area contributed by atoms with Gasteiger partial charge in [-0.05, 0) is 52.0 Å². The quantitative estimate of drug-likeness (QED) is 0.488. The lowest BCUT2D eigenvalue weighted by molar-refractivity contribution is 0.347. The summed E-state index contributed by atoms with van der Waals surface area (Å²) in [5.74, 6) is 0.758. The van der Waals surface area contributed by atoms with Gasteiger partial charge in [0.05, 0.1) is 6.54 Å². The molecular formula is C18H32N4O2S3. The predicted octanol–water partition coefficient (Wildman–Crippen LogP) is 3.12. The highest BCUT2D eigenvalue weighted by atomic mass is 32.2. The maximum absolute atomic E-state index is 12.8. The monoisotopic (exact) mass is 432 g/mol. The van der Waals surface area contributed by atoms with E-state index in [1.807, 2.05) is 13.0 Å². The summed E-state index contributed by atoms with van der Waals surface area (Å²) in [7, 11) is -3.35. The van der Waals surface area contributed by atoms with E-state index in [9.17, 15) is 8.42 Å². The molecule has 0 spiro atoms. The maximum atomic E-state index is 12.8. The molecule has 1 aromatic rings. The molecule has 0 saturated carbocycles. The molecule has 1 saturated heterocycles. The molecule has 0 bridgehead atoms. The summed E-state index contributed by atoms with van der Waals surface area (Å²) in [4.78, 5) is 5.57. The van der Waals surface area contributed by atoms with E-state index in [-0.39, 0.29) is 4.75 Å². The summed E-state index contributed by atoms with van der Waals surface area (Å²) < 4.78 is 27.7. The van der Waals surface area contributed by atoms with Crippen LogP contribution in [0.2, 0.25) is 0 Å². The fraction of sp³-hybridized carbons (Fsp3) is 0.722. The number of hydrogen-bond acceptors (Lipinski definition) is 5. The topological polar surface area (TPSA) is 73.8 Å². The van der Waals surface area contributed by atoms with Crippen molar-refractivity contribution in [2.75, 3.05) is 32.4 Å². The Morgan fingerprint density at radius 1 is 1.26 bits per heavy atom. The van der Waals surface area contributed by atoms with Crippen LogP contribution in [0.5, 0.6) is 0 Å². The minimum absolute atomic E-state index is 0.120. The van der Waals surface area contributed by atoms with E-state index in [1.54, 1.807) is 22.1 Å². The van der Waals surface area contributed by atoms with Gasteiger partial charge in [-0.25, -0.2) is 13.4 Å². The Hall–Kier alpha value is -0.770. The zero-order valence-corrected chi connectivity index (χ0v) is 19.2. The molecule has 0 amide bonds. The molecular weight excluding hydrogens is 400 g/mol. The van der Waals surface area contributed by atoms with Crippen LogP contribution < -0.4 is 10.6 Å². The van der Waals surface area contributed by atoms with Crippen LogP contribution in [0.1, 0.15) is 44.9 Å². The first-order valence-corrected chi connectivity index (χ1v) is 12.9. The van der Waals surface area contributed by atoms with Crippen molar-refractivity contribution in [3.05, 3.63) is 17.0 Å². The first-order valence-electron chi connectivity index (χ1n) is 9.44. The molecule has 0 aromatic carbocycles. The highest BCUT2D eigenvalue weighted by Crippen LogP contribution is 2.27. The summed E-state index contributed by atoms with van der Waals surface area (Å²) in [5.41, 5.74) is 0. The van der Waals surface area contributed by atoms with Gasteiger partial charge in [-0.1, -0.05) is 6.42 Å². The van der Waals surface area contributed by atoms with Crippen molar-refractivity contribution in [1.29, 1.82) is 0 Å². The van der Waals surface area contributed by atoms with Gasteiger partial charge in [0.2, 0.25) is 0 Å². The van der Waals surface area contributed by atoms with Crippen molar-refractivity contribution in [2.24, 2.45) is 4.99 Å². The number of rotatable bonds is 8. The van der Waals surface area contributed by atoms with Gasteiger partial charge in [0.25, 0.3) is 10.0 Å². The number of thioether (sulfide) groups is 1. The third-order valence-electron chi connectivity index (χ3n) is 4.52. The number of guanidine groups is 1. The van der Waals surface area contributed by atoms with Gasteiger partial charge in [0, 0.05) is 35.8 Å². The first-order chi connectivity index (χ1) is 12.8. The maximum Gasteiger partial charge on any atom is 0.252 e. The molecule has 1 aliphatic rings. The smallest absolute Gasteiger partial charge is 0.252 e. The number of thiophene rings is 1. The third kappa shape index (κ3) is 6.66. The molecule has 2 rings (SSSR count). The van der Waals surface area contributed by atoms with Crippen molar-refractivity contribution in [2.45, 2.75) is 55.5 Å². The standard InChI is InChI=1S/C18H32N4O2S3/c1-5-19-17(21-14-18(2,3)25-4)20-13-15-9-10-16(26-15)27(23,24)22-11-7-6-8-12-22/h9-10H,5-8,11-14H2,1-4H3,(H2,19,20,21). The van der Waals surface area contributed by atoms with Gasteiger partial charge < -0.3 is 10.6 Å². The molecule has 27 heavy (non-hydrogen) atoms. The normalized spacial score (nSPS) is 17.1. The van der Waals surface area contributed by atoms with E-state index in [1.165, 1.54) is 11.3 Å². The summed E-state index contributed by atoms with van der Waals surface area (Å²) in [5, 5.41) is 6.61. The molecule has 6 nitrogen and oxygen atoms in total. The van der Waals surface area contributed by atoms with Gasteiger partial charge in [-0.2, -0.15) is 16.1 Å². The van der Waals surface area contributed by atoms with Gasteiger partial charge in [-0.15, -0.1) is 11.3 Å². The average molecular weight is 433 g/mol. The molecule has 9 heteroatoms. The average Bonchev–Trinajstić information content (AvgIpc) is 3.14. The highest BCUT2D eigenvalue weighted by molar-refractivity contribution is 7.99. The van der Waals surface area contributed by atoms with E-state index in [0.717, 1.165) is 43.2 Å². The minimum Gasteiger partial charge on any atom is -0.357 e. The van der Waals surface area contributed by atoms with Crippen LogP contribution in [0.15, 0.2) is 21.3 Å². The minimum atomic E-state index is -3.35. The van der Waals surface area contributed by atoms with Gasteiger partial charge in [0.1, 0.15) is 4.21 Å². The SMILES string of the molecule is CCNC(=NCc1ccc(S(=O)(=O)N2CCCCC2)s1)NCC(C)(C)SC. The lowest BCUT2D eigenvalue weighted by Gasteiger charge is -2.25. The zero-order chi connectivity index (χ0) is 19.9. The molecule has 0 radical (unpaired) electrons. The van der Waals surface area contributed by atoms with Gasteiger partial charge >= 0.3 is 0 Å². The largest absolute Gasteiger partial charge is 0.357 e. The molecule has 0 aliphatic carbocycles. The lowest BCUT2D eigenvalue weighted by Crippen LogP contribution is -2.43. The second kappa shape index (κ2) is 10.1. The predicted molar refractivity (Wildman–Crippen MR) is 117 cm³/mol. The molecule has 1 aromatic heterocycles. The van der Waals surface area contributed by atoms with E-state index in [0.29, 0.717) is 23.8 Å². The van der Waals surface area contributed by atoms with Crippen LogP contribution in [0.4, 0.5) is 0 Å². The second-order valence-corrected chi connectivity index (χ2v) is 12.0. The van der Waals surface area contributed by atoms with Crippen molar-refractivity contribution >= 4 is 39.1 Å². The van der Waals surface area contributed by atoms with Crippen molar-refractivity contribution in [1.82, 2.24) is 14.9 Å². The third-order valence-corrected chi connectivity index (χ3v) is 9.20. The molecule has 2 N–H and O–H groups in total. The molecule has 0 atom stereocenters. The first kappa shape index (κ1) is 22.5. The molecule has 0 unspecified atom stereocenters. The molecule has 2 heterocycles. The number of piperidine rings is 1. The number of aliphatic imine (C=N–C) groups is 1. The summed E-state index contributed by atoms with van der Waals surface area (Å²) >= 11 is 3.13. The van der Waals surface area contributed by atoms with Crippen LogP contribution in [-0.4, -0.2) is 55.9 Å². The van der Waals surface area contributed by atoms with Crippen LogP contribution in [0.25, 0.3) is 0 Å². The molecule has 1 fully saturated rings. The Bertz CT molecular complexity index is 723.